The number of hydrogen-bond donors (Lipinski definition) is 0. The third kappa shape index (κ3) is 5.43. The van der Waals surface area contributed by atoms with E-state index >= 15 is 0 Å². The molecule has 11 heteroatoms. The van der Waals surface area contributed by atoms with E-state index in [4.69, 9.17) is 30.2 Å². The Morgan fingerprint density at radius 1 is 1.08 bits per heavy atom. The Hall–Kier alpha value is -4.02. The number of fused-ring (bicyclic) bond motifs is 3. The van der Waals surface area contributed by atoms with Crippen LogP contribution in [0.25, 0.3) is 11.0 Å². The van der Waals surface area contributed by atoms with Gasteiger partial charge in [0.05, 0.1) is 23.1 Å². The molecule has 2 heterocycles. The first kappa shape index (κ1) is 26.6. The fourth-order valence-corrected chi connectivity index (χ4v) is 4.43. The third-order valence-corrected chi connectivity index (χ3v) is 6.43. The first-order valence-electron chi connectivity index (χ1n) is 11.9. The van der Waals surface area contributed by atoms with Gasteiger partial charge in [0.25, 0.3) is 5.76 Å². The standard InChI is InChI=1S/C28H21ClF3NO6/c1-2-36-27(35)16-7-9-18(10-8-16)38-25-23(34)19-11-12-22-20(24(19)39-26(25)28(30,31)32)14-33(15-37-22)13-17-5-3-4-6-21(17)29/h3-12H,2,13-15H2,1H3. The van der Waals surface area contributed by atoms with Crippen LogP contribution in [0.15, 0.2) is 69.9 Å². The number of nitrogens with zero attached hydrogens (tertiary/aromatic N) is 1. The molecule has 3 aromatic carbocycles. The van der Waals surface area contributed by atoms with Crippen LogP contribution in [0.4, 0.5) is 13.2 Å². The summed E-state index contributed by atoms with van der Waals surface area (Å²) in [6.45, 7) is 2.51. The Labute approximate surface area is 225 Å². The van der Waals surface area contributed by atoms with Crippen molar-refractivity contribution in [2.45, 2.75) is 26.2 Å². The number of rotatable bonds is 6. The van der Waals surface area contributed by atoms with Crippen molar-refractivity contribution in [3.63, 3.8) is 0 Å². The molecule has 0 fully saturated rings. The molecule has 0 radical (unpaired) electrons. The summed E-state index contributed by atoms with van der Waals surface area (Å²) in [7, 11) is 0. The highest BCUT2D eigenvalue weighted by Crippen LogP contribution is 2.41. The van der Waals surface area contributed by atoms with Crippen molar-refractivity contribution in [3.8, 4) is 17.2 Å². The number of carbonyl (C=O) groups excluding carboxylic acids is 1. The van der Waals surface area contributed by atoms with Crippen molar-refractivity contribution in [3.05, 3.63) is 98.4 Å². The molecule has 0 bridgehead atoms. The molecule has 0 saturated heterocycles. The van der Waals surface area contributed by atoms with E-state index in [-0.39, 0.29) is 42.2 Å². The molecule has 4 aromatic rings. The van der Waals surface area contributed by atoms with Gasteiger partial charge in [-0.1, -0.05) is 29.8 Å². The number of benzene rings is 3. The Morgan fingerprint density at radius 2 is 1.82 bits per heavy atom. The van der Waals surface area contributed by atoms with E-state index in [9.17, 15) is 22.8 Å². The SMILES string of the molecule is CCOC(=O)c1ccc(Oc2c(C(F)(F)F)oc3c4c(ccc3c2=O)OCN(Cc2ccccc2Cl)C4)cc1. The Bertz CT molecular complexity index is 1600. The topological polar surface area (TPSA) is 78.2 Å². The average Bonchev–Trinajstić information content (AvgIpc) is 2.91. The van der Waals surface area contributed by atoms with Crippen LogP contribution in [-0.2, 0) is 24.0 Å². The van der Waals surface area contributed by atoms with Crippen molar-refractivity contribution in [1.29, 1.82) is 0 Å². The highest BCUT2D eigenvalue weighted by Gasteiger charge is 2.41. The summed E-state index contributed by atoms with van der Waals surface area (Å²) in [6, 6.07) is 15.3. The average molecular weight is 560 g/mol. The maximum atomic E-state index is 14.1. The van der Waals surface area contributed by atoms with E-state index in [1.807, 2.05) is 17.0 Å². The first-order chi connectivity index (χ1) is 18.7. The summed E-state index contributed by atoms with van der Waals surface area (Å²) >= 11 is 6.26. The van der Waals surface area contributed by atoms with E-state index in [1.54, 1.807) is 19.1 Å². The smallest absolute Gasteiger partial charge is 0.453 e. The van der Waals surface area contributed by atoms with Crippen molar-refractivity contribution >= 4 is 28.5 Å². The summed E-state index contributed by atoms with van der Waals surface area (Å²) in [5, 5.41) is 0.451. The van der Waals surface area contributed by atoms with Gasteiger partial charge in [0, 0.05) is 18.1 Å². The minimum atomic E-state index is -5.04. The Morgan fingerprint density at radius 3 is 2.51 bits per heavy atom. The van der Waals surface area contributed by atoms with Crippen molar-refractivity contribution in [2.75, 3.05) is 13.3 Å². The fraction of sp³-hybridized carbons (Fsp3) is 0.214. The molecular weight excluding hydrogens is 539 g/mol. The lowest BCUT2D eigenvalue weighted by Gasteiger charge is -2.29. The van der Waals surface area contributed by atoms with E-state index in [0.717, 1.165) is 5.56 Å². The van der Waals surface area contributed by atoms with Crippen LogP contribution in [0.2, 0.25) is 5.02 Å². The maximum absolute atomic E-state index is 14.1. The molecule has 1 aliphatic heterocycles. The molecule has 39 heavy (non-hydrogen) atoms. The second-order valence-corrected chi connectivity index (χ2v) is 9.11. The minimum Gasteiger partial charge on any atom is -0.478 e. The molecular formula is C28H21ClF3NO6. The number of halogens is 4. The van der Waals surface area contributed by atoms with Crippen LogP contribution in [0.1, 0.15) is 34.2 Å². The number of carbonyl (C=O) groups is 1. The lowest BCUT2D eigenvalue weighted by Crippen LogP contribution is -2.32. The van der Waals surface area contributed by atoms with Crippen LogP contribution < -0.4 is 14.9 Å². The molecule has 5 rings (SSSR count). The lowest BCUT2D eigenvalue weighted by atomic mass is 10.1. The van der Waals surface area contributed by atoms with Gasteiger partial charge in [-0.15, -0.1) is 0 Å². The van der Waals surface area contributed by atoms with Crippen molar-refractivity contribution < 1.29 is 36.6 Å². The molecule has 7 nitrogen and oxygen atoms in total. The number of ether oxygens (including phenoxy) is 3. The molecule has 1 aromatic heterocycles. The van der Waals surface area contributed by atoms with Gasteiger partial charge in [0.2, 0.25) is 11.2 Å². The van der Waals surface area contributed by atoms with Crippen molar-refractivity contribution in [1.82, 2.24) is 4.90 Å². The molecule has 0 aliphatic carbocycles. The number of hydrogen-bond acceptors (Lipinski definition) is 7. The highest BCUT2D eigenvalue weighted by molar-refractivity contribution is 6.31. The summed E-state index contributed by atoms with van der Waals surface area (Å²) in [5.41, 5.74) is 0.0637. The van der Waals surface area contributed by atoms with Crippen LogP contribution in [0.5, 0.6) is 17.2 Å². The normalized spacial score (nSPS) is 13.6. The van der Waals surface area contributed by atoms with Gasteiger partial charge in [0.15, 0.2) is 0 Å². The van der Waals surface area contributed by atoms with Gasteiger partial charge in [-0.3, -0.25) is 9.69 Å². The Kier molecular flexibility index (Phi) is 7.24. The van der Waals surface area contributed by atoms with Gasteiger partial charge in [0.1, 0.15) is 23.8 Å². The van der Waals surface area contributed by atoms with E-state index in [0.29, 0.717) is 22.9 Å². The molecule has 0 saturated carbocycles. The Balaban J connectivity index is 1.53. The molecule has 0 spiro atoms. The largest absolute Gasteiger partial charge is 0.478 e. The lowest BCUT2D eigenvalue weighted by molar-refractivity contribution is -0.154. The van der Waals surface area contributed by atoms with Gasteiger partial charge in [-0.05, 0) is 55.0 Å². The maximum Gasteiger partial charge on any atom is 0.453 e. The third-order valence-electron chi connectivity index (χ3n) is 6.06. The zero-order valence-electron chi connectivity index (χ0n) is 20.5. The second kappa shape index (κ2) is 10.6. The van der Waals surface area contributed by atoms with E-state index < -0.39 is 29.1 Å². The number of alkyl halides is 3. The van der Waals surface area contributed by atoms with E-state index in [2.05, 4.69) is 0 Å². The highest BCUT2D eigenvalue weighted by atomic mass is 35.5. The summed E-state index contributed by atoms with van der Waals surface area (Å²) in [6.07, 6.45) is -5.04. The zero-order chi connectivity index (χ0) is 27.7. The van der Waals surface area contributed by atoms with Gasteiger partial charge >= 0.3 is 12.1 Å². The predicted octanol–water partition coefficient (Wildman–Crippen LogP) is 6.79. The van der Waals surface area contributed by atoms with Gasteiger partial charge in [-0.2, -0.15) is 13.2 Å². The summed E-state index contributed by atoms with van der Waals surface area (Å²) < 4.78 is 63.8. The monoisotopic (exact) mass is 559 g/mol. The van der Waals surface area contributed by atoms with Crippen LogP contribution in [0.3, 0.4) is 0 Å². The predicted molar refractivity (Wildman–Crippen MR) is 136 cm³/mol. The zero-order valence-corrected chi connectivity index (χ0v) is 21.3. The van der Waals surface area contributed by atoms with E-state index in [1.165, 1.54) is 36.4 Å². The van der Waals surface area contributed by atoms with Crippen LogP contribution >= 0.6 is 11.6 Å². The quantitative estimate of drug-likeness (QED) is 0.241. The van der Waals surface area contributed by atoms with Crippen LogP contribution in [0, 0.1) is 0 Å². The molecule has 1 aliphatic rings. The molecule has 0 atom stereocenters. The molecule has 0 unspecified atom stereocenters. The first-order valence-corrected chi connectivity index (χ1v) is 12.3. The van der Waals surface area contributed by atoms with Crippen molar-refractivity contribution in [2.24, 2.45) is 0 Å². The second-order valence-electron chi connectivity index (χ2n) is 8.70. The summed E-state index contributed by atoms with van der Waals surface area (Å²) in [5.74, 6) is -2.96. The molecule has 0 N–H and O–H groups in total. The molecule has 202 valence electrons. The van der Waals surface area contributed by atoms with Crippen LogP contribution in [-0.4, -0.2) is 24.2 Å². The number of esters is 1. The summed E-state index contributed by atoms with van der Waals surface area (Å²) in [4.78, 5) is 27.0. The van der Waals surface area contributed by atoms with Gasteiger partial charge in [-0.25, -0.2) is 4.79 Å². The fourth-order valence-electron chi connectivity index (χ4n) is 4.23. The minimum absolute atomic E-state index is 0.0904. The molecule has 0 amide bonds. The van der Waals surface area contributed by atoms with Gasteiger partial charge < -0.3 is 18.6 Å².